The maximum Gasteiger partial charge on any atom is 0.256 e. The molecule has 1 N–H and O–H groups in total. The number of aromatic nitrogens is 2. The average Bonchev–Trinajstić information content (AvgIpc) is 3.12. The van der Waals surface area contributed by atoms with Gasteiger partial charge in [0.1, 0.15) is 11.6 Å². The monoisotopic (exact) mass is 377 g/mol. The predicted octanol–water partition coefficient (Wildman–Crippen LogP) is 3.28. The summed E-state index contributed by atoms with van der Waals surface area (Å²) >= 11 is 0. The predicted molar refractivity (Wildman–Crippen MR) is 103 cm³/mol. The Kier molecular flexibility index (Phi) is 4.77. The number of nitrogens with one attached hydrogen (secondary N) is 1. The number of rotatable bonds is 4. The van der Waals surface area contributed by atoms with Gasteiger partial charge in [0.25, 0.3) is 5.56 Å². The normalized spacial score (nSPS) is 14.0. The summed E-state index contributed by atoms with van der Waals surface area (Å²) in [5.74, 6) is -0.326. The Morgan fingerprint density at radius 3 is 2.61 bits per heavy atom. The number of H-pyrrole nitrogens is 1. The van der Waals surface area contributed by atoms with Crippen molar-refractivity contribution in [3.63, 3.8) is 0 Å². The van der Waals surface area contributed by atoms with Crippen LogP contribution in [-0.2, 0) is 17.9 Å². The lowest BCUT2D eigenvalue weighted by molar-refractivity contribution is -0.132. The first-order valence-corrected chi connectivity index (χ1v) is 9.18. The lowest BCUT2D eigenvalue weighted by atomic mass is 9.88. The number of fused-ring (bicyclic) bond motifs is 1. The molecule has 0 saturated carbocycles. The summed E-state index contributed by atoms with van der Waals surface area (Å²) in [5, 5.41) is 0. The first-order chi connectivity index (χ1) is 13.5. The topological polar surface area (TPSA) is 66.1 Å². The third-order valence-corrected chi connectivity index (χ3v) is 5.12. The summed E-state index contributed by atoms with van der Waals surface area (Å²) < 4.78 is 14.5. The maximum absolute atomic E-state index is 14.5. The van der Waals surface area contributed by atoms with Gasteiger partial charge in [-0.25, -0.2) is 9.37 Å². The van der Waals surface area contributed by atoms with E-state index in [2.05, 4.69) is 9.97 Å². The van der Waals surface area contributed by atoms with Crippen molar-refractivity contribution in [1.82, 2.24) is 14.9 Å². The lowest BCUT2D eigenvalue weighted by Crippen LogP contribution is -2.28. The number of carbonyl (C=O) groups is 1. The van der Waals surface area contributed by atoms with Crippen LogP contribution in [0.25, 0.3) is 0 Å². The molecule has 0 fully saturated rings. The molecule has 2 heterocycles. The Hall–Kier alpha value is -3.28. The van der Waals surface area contributed by atoms with Crippen LogP contribution in [0.1, 0.15) is 40.5 Å². The van der Waals surface area contributed by atoms with Gasteiger partial charge in [0.05, 0.1) is 24.3 Å². The molecule has 1 aromatic heterocycles. The Morgan fingerprint density at radius 2 is 1.86 bits per heavy atom. The van der Waals surface area contributed by atoms with Gasteiger partial charge >= 0.3 is 0 Å². The molecule has 142 valence electrons. The van der Waals surface area contributed by atoms with Gasteiger partial charge in [-0.2, -0.15) is 0 Å². The molecule has 1 atom stereocenters. The Morgan fingerprint density at radius 1 is 1.14 bits per heavy atom. The Balaban J connectivity index is 1.61. The van der Waals surface area contributed by atoms with E-state index in [-0.39, 0.29) is 30.2 Å². The number of benzene rings is 2. The van der Waals surface area contributed by atoms with Crippen LogP contribution in [0, 0.1) is 12.7 Å². The first kappa shape index (κ1) is 18.1. The van der Waals surface area contributed by atoms with E-state index in [9.17, 15) is 14.0 Å². The fraction of sp³-hybridized carbons (Fsp3) is 0.227. The minimum atomic E-state index is -0.397. The zero-order chi connectivity index (χ0) is 19.7. The molecule has 6 heteroatoms. The molecule has 0 spiro atoms. The Bertz CT molecular complexity index is 1080. The number of hydrogen-bond donors (Lipinski definition) is 1. The van der Waals surface area contributed by atoms with Gasteiger partial charge in [0.2, 0.25) is 5.91 Å². The van der Waals surface area contributed by atoms with Gasteiger partial charge in [-0.05, 0) is 24.1 Å². The fourth-order valence-electron chi connectivity index (χ4n) is 3.72. The van der Waals surface area contributed by atoms with Crippen molar-refractivity contribution in [3.05, 3.63) is 99.0 Å². The number of nitrogens with zero attached hydrogens (tertiary/aromatic N) is 2. The number of halogens is 1. The van der Waals surface area contributed by atoms with Crippen LogP contribution >= 0.6 is 0 Å². The van der Waals surface area contributed by atoms with Crippen molar-refractivity contribution >= 4 is 5.91 Å². The summed E-state index contributed by atoms with van der Waals surface area (Å²) in [4.78, 5) is 33.8. The highest BCUT2D eigenvalue weighted by Gasteiger charge is 2.30. The van der Waals surface area contributed by atoms with Crippen LogP contribution < -0.4 is 5.56 Å². The van der Waals surface area contributed by atoms with Gasteiger partial charge in [-0.3, -0.25) is 9.59 Å². The molecular formula is C22H20FN3O2. The van der Waals surface area contributed by atoms with Gasteiger partial charge < -0.3 is 9.88 Å². The van der Waals surface area contributed by atoms with Crippen molar-refractivity contribution in [2.75, 3.05) is 0 Å². The molecule has 1 amide bonds. The number of aromatic amines is 1. The van der Waals surface area contributed by atoms with Crippen LogP contribution in [0.15, 0.2) is 59.4 Å². The van der Waals surface area contributed by atoms with Crippen LogP contribution in [-0.4, -0.2) is 20.8 Å². The molecular weight excluding hydrogens is 357 g/mol. The molecule has 1 aliphatic rings. The number of aryl methyl sites for hydroxylation is 1. The van der Waals surface area contributed by atoms with E-state index < -0.39 is 5.92 Å². The van der Waals surface area contributed by atoms with Crippen LogP contribution in [0.2, 0.25) is 0 Å². The van der Waals surface area contributed by atoms with Gasteiger partial charge in [-0.15, -0.1) is 0 Å². The summed E-state index contributed by atoms with van der Waals surface area (Å²) in [6.45, 7) is 2.25. The van der Waals surface area contributed by atoms with Crippen LogP contribution in [0.5, 0.6) is 0 Å². The summed E-state index contributed by atoms with van der Waals surface area (Å²) in [7, 11) is 0. The average molecular weight is 377 g/mol. The number of hydrogen-bond acceptors (Lipinski definition) is 3. The van der Waals surface area contributed by atoms with E-state index in [0.29, 0.717) is 29.2 Å². The van der Waals surface area contributed by atoms with Crippen LogP contribution in [0.4, 0.5) is 4.39 Å². The second-order valence-corrected chi connectivity index (χ2v) is 7.02. The SMILES string of the molecule is Cc1nc2c(c(=O)[nH]1)CN(C(=O)C[C@@H](c1ccccc1)c1ccccc1F)C2. The molecule has 2 aromatic carbocycles. The van der Waals surface area contributed by atoms with Gasteiger partial charge in [-0.1, -0.05) is 48.5 Å². The number of carbonyl (C=O) groups excluding carboxylic acids is 1. The van der Waals surface area contributed by atoms with E-state index in [1.807, 2.05) is 30.3 Å². The lowest BCUT2D eigenvalue weighted by Gasteiger charge is -2.22. The van der Waals surface area contributed by atoms with Crippen molar-refractivity contribution in [1.29, 1.82) is 0 Å². The van der Waals surface area contributed by atoms with E-state index in [1.54, 1.807) is 30.0 Å². The largest absolute Gasteiger partial charge is 0.332 e. The third-order valence-electron chi connectivity index (χ3n) is 5.12. The van der Waals surface area contributed by atoms with Crippen molar-refractivity contribution in [2.24, 2.45) is 0 Å². The summed E-state index contributed by atoms with van der Waals surface area (Å²) in [6, 6.07) is 16.0. The fourth-order valence-corrected chi connectivity index (χ4v) is 3.72. The van der Waals surface area contributed by atoms with E-state index in [0.717, 1.165) is 5.56 Å². The van der Waals surface area contributed by atoms with E-state index >= 15 is 0 Å². The molecule has 0 unspecified atom stereocenters. The minimum Gasteiger partial charge on any atom is -0.332 e. The molecule has 0 bridgehead atoms. The van der Waals surface area contributed by atoms with Crippen LogP contribution in [0.3, 0.4) is 0 Å². The van der Waals surface area contributed by atoms with Crippen molar-refractivity contribution in [3.8, 4) is 0 Å². The second-order valence-electron chi connectivity index (χ2n) is 7.02. The zero-order valence-electron chi connectivity index (χ0n) is 15.5. The molecule has 0 aliphatic carbocycles. The maximum atomic E-state index is 14.5. The van der Waals surface area contributed by atoms with Gasteiger partial charge in [0.15, 0.2) is 0 Å². The quantitative estimate of drug-likeness (QED) is 0.759. The third kappa shape index (κ3) is 3.45. The Labute approximate surface area is 161 Å². The van der Waals surface area contributed by atoms with E-state index in [1.165, 1.54) is 6.07 Å². The van der Waals surface area contributed by atoms with E-state index in [4.69, 9.17) is 0 Å². The zero-order valence-corrected chi connectivity index (χ0v) is 15.5. The highest BCUT2D eigenvalue weighted by atomic mass is 19.1. The first-order valence-electron chi connectivity index (χ1n) is 9.18. The van der Waals surface area contributed by atoms with Gasteiger partial charge in [0, 0.05) is 12.3 Å². The van der Waals surface area contributed by atoms with Crippen molar-refractivity contribution < 1.29 is 9.18 Å². The molecule has 0 radical (unpaired) electrons. The highest BCUT2D eigenvalue weighted by Crippen LogP contribution is 2.31. The molecule has 5 nitrogen and oxygen atoms in total. The molecule has 3 aromatic rings. The standard InChI is InChI=1S/C22H20FN3O2/c1-14-24-20-13-26(12-18(20)22(28)25-14)21(27)11-17(15-7-3-2-4-8-15)16-9-5-6-10-19(16)23/h2-10,17H,11-13H2,1H3,(H,24,25,28)/t17-/m0/s1. The smallest absolute Gasteiger partial charge is 0.256 e. The molecule has 1 aliphatic heterocycles. The van der Waals surface area contributed by atoms with Crippen molar-refractivity contribution in [2.45, 2.75) is 32.4 Å². The molecule has 28 heavy (non-hydrogen) atoms. The second kappa shape index (κ2) is 7.38. The summed E-state index contributed by atoms with van der Waals surface area (Å²) in [6.07, 6.45) is 0.121. The highest BCUT2D eigenvalue weighted by molar-refractivity contribution is 5.78. The molecule has 0 saturated heterocycles. The number of amides is 1. The molecule has 4 rings (SSSR count). The minimum absolute atomic E-state index is 0.121. The summed E-state index contributed by atoms with van der Waals surface area (Å²) in [5.41, 5.74) is 2.33.